The fourth-order valence-electron chi connectivity index (χ4n) is 1.22. The molecule has 5 heteroatoms. The summed E-state index contributed by atoms with van der Waals surface area (Å²) in [7, 11) is 0. The number of carbonyl (C=O) groups excluding carboxylic acids is 1. The van der Waals surface area contributed by atoms with Gasteiger partial charge >= 0.3 is 5.97 Å². The van der Waals surface area contributed by atoms with Gasteiger partial charge in [-0.15, -0.1) is 0 Å². The lowest BCUT2D eigenvalue weighted by molar-refractivity contribution is -0.148. The highest BCUT2D eigenvalue weighted by molar-refractivity contribution is 9.10. The molecule has 0 bridgehead atoms. The van der Waals surface area contributed by atoms with Gasteiger partial charge in [0.2, 0.25) is 0 Å². The molecular weight excluding hydrogens is 286 g/mol. The lowest BCUT2D eigenvalue weighted by Gasteiger charge is -2.08. The summed E-state index contributed by atoms with van der Waals surface area (Å²) >= 11 is 3.43. The maximum absolute atomic E-state index is 11.0. The average molecular weight is 302 g/mol. The van der Waals surface area contributed by atoms with E-state index in [1.54, 1.807) is 6.92 Å². The van der Waals surface area contributed by atoms with E-state index in [1.807, 2.05) is 24.3 Å². The van der Waals surface area contributed by atoms with Crippen molar-refractivity contribution in [3.05, 3.63) is 28.7 Å². The van der Waals surface area contributed by atoms with Crippen molar-refractivity contribution in [2.24, 2.45) is 0 Å². The fraction of sp³-hybridized carbons (Fsp3) is 0.417. The van der Waals surface area contributed by atoms with Crippen molar-refractivity contribution in [2.45, 2.75) is 6.92 Å². The Morgan fingerprint density at radius 1 is 1.41 bits per heavy atom. The van der Waals surface area contributed by atoms with Gasteiger partial charge in [-0.1, -0.05) is 12.1 Å². The molecule has 1 N–H and O–H groups in total. The maximum atomic E-state index is 11.0. The van der Waals surface area contributed by atoms with E-state index in [0.717, 1.165) is 10.2 Å². The number of para-hydroxylation sites is 1. The SMILES string of the molecule is CCOC(=O)COCCNc1ccccc1Br. The highest BCUT2D eigenvalue weighted by Crippen LogP contribution is 2.20. The smallest absolute Gasteiger partial charge is 0.332 e. The van der Waals surface area contributed by atoms with E-state index >= 15 is 0 Å². The molecule has 0 atom stereocenters. The van der Waals surface area contributed by atoms with E-state index in [-0.39, 0.29) is 12.6 Å². The monoisotopic (exact) mass is 301 g/mol. The Morgan fingerprint density at radius 3 is 2.88 bits per heavy atom. The van der Waals surface area contributed by atoms with Crippen LogP contribution in [0.4, 0.5) is 5.69 Å². The molecule has 0 spiro atoms. The van der Waals surface area contributed by atoms with Crippen LogP contribution in [0, 0.1) is 0 Å². The van der Waals surface area contributed by atoms with Crippen molar-refractivity contribution in [2.75, 3.05) is 31.7 Å². The Balaban J connectivity index is 2.13. The van der Waals surface area contributed by atoms with Crippen molar-refractivity contribution in [3.8, 4) is 0 Å². The van der Waals surface area contributed by atoms with Crippen LogP contribution in [0.1, 0.15) is 6.92 Å². The molecule has 94 valence electrons. The molecule has 0 saturated carbocycles. The zero-order chi connectivity index (χ0) is 12.5. The van der Waals surface area contributed by atoms with Crippen LogP contribution in [0.25, 0.3) is 0 Å². The zero-order valence-corrected chi connectivity index (χ0v) is 11.3. The second-order valence-corrected chi connectivity index (χ2v) is 4.12. The van der Waals surface area contributed by atoms with Gasteiger partial charge in [-0.05, 0) is 35.0 Å². The Kier molecular flexibility index (Phi) is 6.65. The second-order valence-electron chi connectivity index (χ2n) is 3.26. The van der Waals surface area contributed by atoms with E-state index in [0.29, 0.717) is 19.8 Å². The summed E-state index contributed by atoms with van der Waals surface area (Å²) in [6.07, 6.45) is 0. The van der Waals surface area contributed by atoms with Crippen molar-refractivity contribution < 1.29 is 14.3 Å². The number of benzene rings is 1. The van der Waals surface area contributed by atoms with E-state index in [1.165, 1.54) is 0 Å². The van der Waals surface area contributed by atoms with Crippen molar-refractivity contribution in [1.82, 2.24) is 0 Å². The number of carbonyl (C=O) groups is 1. The van der Waals surface area contributed by atoms with Crippen LogP contribution >= 0.6 is 15.9 Å². The number of ether oxygens (including phenoxy) is 2. The first kappa shape index (κ1) is 14.0. The van der Waals surface area contributed by atoms with Gasteiger partial charge in [0, 0.05) is 16.7 Å². The summed E-state index contributed by atoms with van der Waals surface area (Å²) in [6.45, 7) is 3.26. The van der Waals surface area contributed by atoms with Gasteiger partial charge in [0.15, 0.2) is 0 Å². The van der Waals surface area contributed by atoms with Gasteiger partial charge in [0.05, 0.1) is 13.2 Å². The molecule has 4 nitrogen and oxygen atoms in total. The van der Waals surface area contributed by atoms with Crippen molar-refractivity contribution in [3.63, 3.8) is 0 Å². The second kappa shape index (κ2) is 8.08. The predicted molar refractivity (Wildman–Crippen MR) is 70.1 cm³/mol. The summed E-state index contributed by atoms with van der Waals surface area (Å²) in [5.74, 6) is -0.326. The number of hydrogen-bond acceptors (Lipinski definition) is 4. The van der Waals surface area contributed by atoms with Crippen LogP contribution < -0.4 is 5.32 Å². The van der Waals surface area contributed by atoms with Gasteiger partial charge < -0.3 is 14.8 Å². The normalized spacial score (nSPS) is 10.0. The third-order valence-corrected chi connectivity index (χ3v) is 2.65. The summed E-state index contributed by atoms with van der Waals surface area (Å²) in [5.41, 5.74) is 1.01. The summed E-state index contributed by atoms with van der Waals surface area (Å²) in [5, 5.41) is 3.19. The molecule has 0 aromatic heterocycles. The number of nitrogens with one attached hydrogen (secondary N) is 1. The molecule has 1 rings (SSSR count). The third-order valence-electron chi connectivity index (χ3n) is 1.96. The summed E-state index contributed by atoms with van der Waals surface area (Å²) in [4.78, 5) is 11.0. The first-order chi connectivity index (χ1) is 8.24. The molecule has 1 aromatic carbocycles. The molecule has 0 fully saturated rings. The Hall–Kier alpha value is -1.07. The van der Waals surface area contributed by atoms with Crippen LogP contribution in [-0.2, 0) is 14.3 Å². The van der Waals surface area contributed by atoms with Crippen molar-refractivity contribution in [1.29, 1.82) is 0 Å². The maximum Gasteiger partial charge on any atom is 0.332 e. The minimum absolute atomic E-state index is 0.00544. The van der Waals surface area contributed by atoms with Crippen LogP contribution in [0.15, 0.2) is 28.7 Å². The molecule has 0 aliphatic rings. The van der Waals surface area contributed by atoms with E-state index in [2.05, 4.69) is 21.2 Å². The molecule has 1 aromatic rings. The molecule has 0 amide bonds. The minimum atomic E-state index is -0.326. The topological polar surface area (TPSA) is 47.6 Å². The van der Waals surface area contributed by atoms with E-state index < -0.39 is 0 Å². The lowest BCUT2D eigenvalue weighted by Crippen LogP contribution is -2.16. The largest absolute Gasteiger partial charge is 0.464 e. The third kappa shape index (κ3) is 5.70. The van der Waals surface area contributed by atoms with Crippen LogP contribution in [0.5, 0.6) is 0 Å². The standard InChI is InChI=1S/C12H16BrNO3/c1-2-17-12(15)9-16-8-7-14-11-6-4-3-5-10(11)13/h3-6,14H,2,7-9H2,1H3. The molecule has 0 unspecified atom stereocenters. The average Bonchev–Trinajstić information content (AvgIpc) is 2.31. The first-order valence-electron chi connectivity index (χ1n) is 5.45. The fourth-order valence-corrected chi connectivity index (χ4v) is 1.65. The zero-order valence-electron chi connectivity index (χ0n) is 9.74. The quantitative estimate of drug-likeness (QED) is 0.621. The Morgan fingerprint density at radius 2 is 2.18 bits per heavy atom. The molecule has 0 heterocycles. The molecule has 0 saturated heterocycles. The number of hydrogen-bond donors (Lipinski definition) is 1. The van der Waals surface area contributed by atoms with Gasteiger partial charge in [-0.2, -0.15) is 0 Å². The summed E-state index contributed by atoms with van der Waals surface area (Å²) in [6, 6.07) is 7.83. The van der Waals surface area contributed by atoms with Gasteiger partial charge in [0.1, 0.15) is 6.61 Å². The predicted octanol–water partition coefficient (Wildman–Crippen LogP) is 2.44. The minimum Gasteiger partial charge on any atom is -0.464 e. The highest BCUT2D eigenvalue weighted by atomic mass is 79.9. The molecule has 17 heavy (non-hydrogen) atoms. The van der Waals surface area contributed by atoms with Crippen LogP contribution in [0.2, 0.25) is 0 Å². The van der Waals surface area contributed by atoms with E-state index in [4.69, 9.17) is 9.47 Å². The molecule has 0 aliphatic carbocycles. The number of anilines is 1. The summed E-state index contributed by atoms with van der Waals surface area (Å²) < 4.78 is 10.9. The number of halogens is 1. The van der Waals surface area contributed by atoms with Gasteiger partial charge in [-0.3, -0.25) is 0 Å². The number of esters is 1. The number of rotatable bonds is 7. The first-order valence-corrected chi connectivity index (χ1v) is 6.25. The lowest BCUT2D eigenvalue weighted by atomic mass is 10.3. The van der Waals surface area contributed by atoms with E-state index in [9.17, 15) is 4.79 Å². The van der Waals surface area contributed by atoms with Crippen LogP contribution in [-0.4, -0.2) is 32.3 Å². The van der Waals surface area contributed by atoms with Crippen LogP contribution in [0.3, 0.4) is 0 Å². The van der Waals surface area contributed by atoms with Gasteiger partial charge in [-0.25, -0.2) is 4.79 Å². The molecule has 0 radical (unpaired) electrons. The Labute approximate surface area is 109 Å². The molecular formula is C12H16BrNO3. The molecule has 0 aliphatic heterocycles. The highest BCUT2D eigenvalue weighted by Gasteiger charge is 2.01. The van der Waals surface area contributed by atoms with Gasteiger partial charge in [0.25, 0.3) is 0 Å². The van der Waals surface area contributed by atoms with Crippen molar-refractivity contribution >= 4 is 27.6 Å². The Bertz CT molecular complexity index is 357.